The van der Waals surface area contributed by atoms with Gasteiger partial charge in [-0.3, -0.25) is 0 Å². The topological polar surface area (TPSA) is 18.5 Å². The number of hydrogen-bond donors (Lipinski definition) is 0. The van der Waals surface area contributed by atoms with Crippen LogP contribution in [0, 0.1) is 0 Å². The molecule has 0 saturated carbocycles. The van der Waals surface area contributed by atoms with E-state index in [-0.39, 0.29) is 6.10 Å². The molecular formula is C16H26O2S. The van der Waals surface area contributed by atoms with Crippen LogP contribution in [0.1, 0.15) is 64.7 Å². The highest BCUT2D eigenvalue weighted by atomic mass is 32.1. The van der Waals surface area contributed by atoms with Gasteiger partial charge in [0.05, 0.1) is 0 Å². The monoisotopic (exact) mass is 282 g/mol. The first kappa shape index (κ1) is 14.7. The number of ether oxygens (including phenoxy) is 2. The summed E-state index contributed by atoms with van der Waals surface area (Å²) in [6.07, 6.45) is 12.3. The molecule has 19 heavy (non-hydrogen) atoms. The lowest BCUT2D eigenvalue weighted by Gasteiger charge is -2.24. The minimum absolute atomic E-state index is 0.266. The number of rotatable bonds is 9. The third-order valence-electron chi connectivity index (χ3n) is 3.69. The molecule has 0 radical (unpaired) electrons. The van der Waals surface area contributed by atoms with Crippen LogP contribution in [0.2, 0.25) is 0 Å². The van der Waals surface area contributed by atoms with Crippen LogP contribution in [-0.4, -0.2) is 12.7 Å². The van der Waals surface area contributed by atoms with Crippen LogP contribution in [0.5, 0.6) is 11.5 Å². The van der Waals surface area contributed by atoms with E-state index >= 15 is 0 Å². The Balaban J connectivity index is 1.48. The van der Waals surface area contributed by atoms with Crippen molar-refractivity contribution in [3.8, 4) is 11.5 Å². The van der Waals surface area contributed by atoms with Gasteiger partial charge in [-0.1, -0.05) is 51.9 Å². The molecule has 0 aromatic carbocycles. The van der Waals surface area contributed by atoms with Gasteiger partial charge in [-0.05, 0) is 12.8 Å². The van der Waals surface area contributed by atoms with Crippen LogP contribution < -0.4 is 9.47 Å². The first-order valence-corrected chi connectivity index (χ1v) is 8.70. The Hall–Kier alpha value is -0.700. The van der Waals surface area contributed by atoms with Crippen LogP contribution in [0.3, 0.4) is 0 Å². The molecule has 0 aliphatic carbocycles. The van der Waals surface area contributed by atoms with Crippen LogP contribution in [-0.2, 0) is 0 Å². The maximum absolute atomic E-state index is 5.92. The summed E-state index contributed by atoms with van der Waals surface area (Å²) in [5, 5.41) is 4.05. The van der Waals surface area contributed by atoms with Crippen molar-refractivity contribution in [3.05, 3.63) is 10.8 Å². The van der Waals surface area contributed by atoms with Crippen LogP contribution in [0.15, 0.2) is 10.8 Å². The van der Waals surface area contributed by atoms with Gasteiger partial charge in [-0.15, -0.1) is 11.3 Å². The minimum atomic E-state index is 0.266. The number of hydrogen-bond acceptors (Lipinski definition) is 3. The Bertz CT molecular complexity index is 348. The van der Waals surface area contributed by atoms with Crippen LogP contribution in [0.25, 0.3) is 0 Å². The van der Waals surface area contributed by atoms with Crippen molar-refractivity contribution in [1.29, 1.82) is 0 Å². The summed E-state index contributed by atoms with van der Waals surface area (Å²) in [6.45, 7) is 2.99. The van der Waals surface area contributed by atoms with Crippen molar-refractivity contribution in [3.63, 3.8) is 0 Å². The van der Waals surface area contributed by atoms with Gasteiger partial charge in [0.15, 0.2) is 11.5 Å². The van der Waals surface area contributed by atoms with Crippen molar-refractivity contribution >= 4 is 11.3 Å². The Kier molecular flexibility index (Phi) is 6.55. The van der Waals surface area contributed by atoms with E-state index in [1.165, 1.54) is 51.4 Å². The number of fused-ring (bicyclic) bond motifs is 1. The fourth-order valence-corrected chi connectivity index (χ4v) is 3.18. The zero-order chi connectivity index (χ0) is 13.3. The van der Waals surface area contributed by atoms with Crippen molar-refractivity contribution in [2.45, 2.75) is 70.8 Å². The highest BCUT2D eigenvalue weighted by Gasteiger charge is 2.20. The molecule has 2 rings (SSSR count). The van der Waals surface area contributed by atoms with E-state index in [2.05, 4.69) is 6.92 Å². The maximum atomic E-state index is 5.92. The Morgan fingerprint density at radius 2 is 1.68 bits per heavy atom. The van der Waals surface area contributed by atoms with Crippen molar-refractivity contribution in [2.24, 2.45) is 0 Å². The summed E-state index contributed by atoms with van der Waals surface area (Å²) < 4.78 is 11.6. The maximum Gasteiger partial charge on any atom is 0.172 e. The Morgan fingerprint density at radius 1 is 1.00 bits per heavy atom. The zero-order valence-electron chi connectivity index (χ0n) is 12.0. The number of unbranched alkanes of at least 4 members (excludes halogenated alkanes) is 7. The third kappa shape index (κ3) is 5.06. The third-order valence-corrected chi connectivity index (χ3v) is 4.39. The van der Waals surface area contributed by atoms with E-state index in [0.29, 0.717) is 0 Å². The van der Waals surface area contributed by atoms with E-state index < -0.39 is 0 Å². The van der Waals surface area contributed by atoms with E-state index in [1.807, 2.05) is 10.8 Å². The lowest BCUT2D eigenvalue weighted by Crippen LogP contribution is -2.28. The highest BCUT2D eigenvalue weighted by molar-refractivity contribution is 7.08. The molecule has 0 fully saturated rings. The van der Waals surface area contributed by atoms with Gasteiger partial charge in [0.25, 0.3) is 0 Å². The molecule has 2 heterocycles. The van der Waals surface area contributed by atoms with Crippen molar-refractivity contribution < 1.29 is 9.47 Å². The second-order valence-corrected chi connectivity index (χ2v) is 6.16. The Labute approximate surface area is 121 Å². The molecule has 0 unspecified atom stereocenters. The molecule has 0 saturated heterocycles. The SMILES string of the molecule is CCCCCCCCCC[C@@H]1COc2cscc2O1. The summed E-state index contributed by atoms with van der Waals surface area (Å²) in [5.74, 6) is 1.87. The van der Waals surface area contributed by atoms with Gasteiger partial charge < -0.3 is 9.47 Å². The molecule has 0 spiro atoms. The average Bonchev–Trinajstić information content (AvgIpc) is 2.89. The predicted molar refractivity (Wildman–Crippen MR) is 81.5 cm³/mol. The fourth-order valence-electron chi connectivity index (χ4n) is 2.51. The van der Waals surface area contributed by atoms with E-state index in [4.69, 9.17) is 9.47 Å². The lowest BCUT2D eigenvalue weighted by atomic mass is 10.1. The molecule has 1 atom stereocenters. The highest BCUT2D eigenvalue weighted by Crippen LogP contribution is 2.36. The van der Waals surface area contributed by atoms with Gasteiger partial charge in [0.2, 0.25) is 0 Å². The summed E-state index contributed by atoms with van der Waals surface area (Å²) in [4.78, 5) is 0. The van der Waals surface area contributed by atoms with Crippen LogP contribution in [0.4, 0.5) is 0 Å². The average molecular weight is 282 g/mol. The van der Waals surface area contributed by atoms with E-state index in [1.54, 1.807) is 11.3 Å². The normalized spacial score (nSPS) is 17.6. The molecule has 3 heteroatoms. The molecule has 1 aromatic heterocycles. The fraction of sp³-hybridized carbons (Fsp3) is 0.750. The molecule has 1 aliphatic rings. The second-order valence-electron chi connectivity index (χ2n) is 5.41. The van der Waals surface area contributed by atoms with E-state index in [0.717, 1.165) is 24.5 Å². The smallest absolute Gasteiger partial charge is 0.172 e. The molecule has 0 N–H and O–H groups in total. The summed E-state index contributed by atoms with van der Waals surface area (Å²) in [6, 6.07) is 0. The standard InChI is InChI=1S/C16H26O2S/c1-2-3-4-5-6-7-8-9-10-14-11-17-15-12-19-13-16(15)18-14/h12-14H,2-11H2,1H3/t14-/m1/s1. The quantitative estimate of drug-likeness (QED) is 0.563. The van der Waals surface area contributed by atoms with Crippen LogP contribution >= 0.6 is 11.3 Å². The van der Waals surface area contributed by atoms with Gasteiger partial charge in [-0.2, -0.15) is 0 Å². The zero-order valence-corrected chi connectivity index (χ0v) is 12.8. The summed E-state index contributed by atoms with van der Waals surface area (Å²) in [7, 11) is 0. The summed E-state index contributed by atoms with van der Waals surface area (Å²) in [5.41, 5.74) is 0. The Morgan fingerprint density at radius 3 is 2.47 bits per heavy atom. The molecule has 1 aromatic rings. The number of thiophene rings is 1. The van der Waals surface area contributed by atoms with E-state index in [9.17, 15) is 0 Å². The minimum Gasteiger partial charge on any atom is -0.485 e. The van der Waals surface area contributed by atoms with Gasteiger partial charge in [0.1, 0.15) is 12.7 Å². The first-order valence-electron chi connectivity index (χ1n) is 7.75. The summed E-state index contributed by atoms with van der Waals surface area (Å²) >= 11 is 1.65. The largest absolute Gasteiger partial charge is 0.485 e. The first-order chi connectivity index (χ1) is 9.40. The predicted octanol–water partition coefficient (Wildman–Crippen LogP) is 5.42. The molecule has 2 nitrogen and oxygen atoms in total. The molecule has 108 valence electrons. The molecular weight excluding hydrogens is 256 g/mol. The van der Waals surface area contributed by atoms with Gasteiger partial charge in [-0.25, -0.2) is 0 Å². The van der Waals surface area contributed by atoms with Gasteiger partial charge >= 0.3 is 0 Å². The second kappa shape index (κ2) is 8.47. The van der Waals surface area contributed by atoms with Crippen molar-refractivity contribution in [1.82, 2.24) is 0 Å². The molecule has 1 aliphatic heterocycles. The molecule has 0 amide bonds. The van der Waals surface area contributed by atoms with Crippen molar-refractivity contribution in [2.75, 3.05) is 6.61 Å². The lowest BCUT2D eigenvalue weighted by molar-refractivity contribution is 0.0842. The molecule has 0 bridgehead atoms. The van der Waals surface area contributed by atoms with Gasteiger partial charge in [0, 0.05) is 10.8 Å².